The van der Waals surface area contributed by atoms with E-state index in [9.17, 15) is 19.0 Å². The van der Waals surface area contributed by atoms with Gasteiger partial charge in [-0.05, 0) is 24.5 Å². The molecule has 16 heavy (non-hydrogen) atoms. The van der Waals surface area contributed by atoms with Crippen molar-refractivity contribution in [3.8, 4) is 0 Å². The highest BCUT2D eigenvalue weighted by molar-refractivity contribution is 5.29. The summed E-state index contributed by atoms with van der Waals surface area (Å²) in [6.07, 6.45) is -2.73. The van der Waals surface area contributed by atoms with Gasteiger partial charge >= 0.3 is 0 Å². The highest BCUT2D eigenvalue weighted by atomic mass is 19.1. The molecule has 1 rings (SSSR count). The van der Waals surface area contributed by atoms with Crippen LogP contribution in [0.1, 0.15) is 31.1 Å². The van der Waals surface area contributed by atoms with Crippen molar-refractivity contribution < 1.29 is 19.0 Å². The summed E-state index contributed by atoms with van der Waals surface area (Å²) in [5.74, 6) is -1.92. The van der Waals surface area contributed by atoms with Gasteiger partial charge in [0.2, 0.25) is 0 Å². The van der Waals surface area contributed by atoms with Crippen LogP contribution in [0.5, 0.6) is 0 Å². The minimum Gasteiger partial charge on any atom is -0.390 e. The lowest BCUT2D eigenvalue weighted by Crippen LogP contribution is -2.25. The first-order valence-electron chi connectivity index (χ1n) is 5.17. The first kappa shape index (κ1) is 13.1. The summed E-state index contributed by atoms with van der Waals surface area (Å²) >= 11 is 0. The zero-order valence-corrected chi connectivity index (χ0v) is 9.54. The molecule has 0 amide bonds. The molecule has 4 heteroatoms. The van der Waals surface area contributed by atoms with Crippen LogP contribution in [0.15, 0.2) is 12.1 Å². The topological polar surface area (TPSA) is 40.5 Å². The summed E-state index contributed by atoms with van der Waals surface area (Å²) in [5, 5.41) is 19.3. The molecule has 0 aromatic heterocycles. The third kappa shape index (κ3) is 2.39. The molecule has 90 valence electrons. The zero-order valence-electron chi connectivity index (χ0n) is 9.54. The average Bonchev–Trinajstić information content (AvgIpc) is 2.22. The fraction of sp³-hybridized carbons (Fsp3) is 0.500. The molecular formula is C12H16F2O2. The molecule has 0 radical (unpaired) electrons. The maximum absolute atomic E-state index is 13.6. The Morgan fingerprint density at radius 3 is 2.19 bits per heavy atom. The van der Waals surface area contributed by atoms with E-state index < -0.39 is 29.4 Å². The number of benzene rings is 1. The Labute approximate surface area is 93.5 Å². The van der Waals surface area contributed by atoms with Crippen molar-refractivity contribution in [2.45, 2.75) is 33.0 Å². The lowest BCUT2D eigenvalue weighted by molar-refractivity contribution is -0.0131. The van der Waals surface area contributed by atoms with Gasteiger partial charge in [-0.15, -0.1) is 0 Å². The molecule has 1 aromatic rings. The van der Waals surface area contributed by atoms with E-state index in [0.717, 1.165) is 6.07 Å². The molecule has 2 atom stereocenters. The van der Waals surface area contributed by atoms with Gasteiger partial charge in [0.25, 0.3) is 0 Å². The average molecular weight is 230 g/mol. The van der Waals surface area contributed by atoms with Crippen molar-refractivity contribution >= 4 is 0 Å². The maximum atomic E-state index is 13.6. The minimum atomic E-state index is -1.54. The predicted octanol–water partition coefficient (Wildman–Crippen LogP) is 2.32. The van der Waals surface area contributed by atoms with Crippen molar-refractivity contribution in [3.05, 3.63) is 34.9 Å². The molecule has 0 saturated heterocycles. The molecule has 0 aliphatic carbocycles. The molecule has 0 bridgehead atoms. The van der Waals surface area contributed by atoms with E-state index in [0.29, 0.717) is 0 Å². The highest BCUT2D eigenvalue weighted by Crippen LogP contribution is 2.28. The molecule has 0 fully saturated rings. The Bertz CT molecular complexity index is 378. The smallest absolute Gasteiger partial charge is 0.134 e. The van der Waals surface area contributed by atoms with Crippen molar-refractivity contribution in [2.75, 3.05) is 0 Å². The fourth-order valence-corrected chi connectivity index (χ4v) is 1.48. The van der Waals surface area contributed by atoms with Gasteiger partial charge in [0.15, 0.2) is 0 Å². The molecule has 0 spiro atoms. The first-order chi connectivity index (χ1) is 7.36. The summed E-state index contributed by atoms with van der Waals surface area (Å²) in [5.41, 5.74) is -0.215. The van der Waals surface area contributed by atoms with Gasteiger partial charge in [-0.3, -0.25) is 0 Å². The Morgan fingerprint density at radius 2 is 1.69 bits per heavy atom. The second-order valence-corrected chi connectivity index (χ2v) is 4.27. The second-order valence-electron chi connectivity index (χ2n) is 4.27. The van der Waals surface area contributed by atoms with Crippen molar-refractivity contribution in [3.63, 3.8) is 0 Å². The number of halogens is 2. The molecule has 0 aliphatic rings. The van der Waals surface area contributed by atoms with Crippen molar-refractivity contribution in [2.24, 2.45) is 5.92 Å². The Balaban J connectivity index is 3.17. The number of aliphatic hydroxyl groups excluding tert-OH is 2. The van der Waals surface area contributed by atoms with Crippen LogP contribution in [-0.2, 0) is 0 Å². The van der Waals surface area contributed by atoms with E-state index in [-0.39, 0.29) is 11.5 Å². The Kier molecular flexibility index (Phi) is 3.99. The molecule has 0 heterocycles. The molecular weight excluding hydrogens is 214 g/mol. The van der Waals surface area contributed by atoms with Crippen LogP contribution >= 0.6 is 0 Å². The maximum Gasteiger partial charge on any atom is 0.134 e. The van der Waals surface area contributed by atoms with E-state index in [2.05, 4.69) is 0 Å². The largest absolute Gasteiger partial charge is 0.390 e. The van der Waals surface area contributed by atoms with Crippen molar-refractivity contribution in [1.82, 2.24) is 0 Å². The zero-order chi connectivity index (χ0) is 12.5. The van der Waals surface area contributed by atoms with E-state index in [4.69, 9.17) is 0 Å². The van der Waals surface area contributed by atoms with Crippen molar-refractivity contribution in [1.29, 1.82) is 0 Å². The summed E-state index contributed by atoms with van der Waals surface area (Å²) in [6, 6.07) is 2.38. The van der Waals surface area contributed by atoms with Gasteiger partial charge in [-0.25, -0.2) is 8.78 Å². The van der Waals surface area contributed by atoms with Crippen LogP contribution in [0.2, 0.25) is 0 Å². The number of hydrogen-bond donors (Lipinski definition) is 2. The second kappa shape index (κ2) is 4.89. The monoisotopic (exact) mass is 230 g/mol. The van der Waals surface area contributed by atoms with Gasteiger partial charge < -0.3 is 10.2 Å². The molecule has 2 nitrogen and oxygen atoms in total. The summed E-state index contributed by atoms with van der Waals surface area (Å²) < 4.78 is 27.0. The van der Waals surface area contributed by atoms with E-state index >= 15 is 0 Å². The van der Waals surface area contributed by atoms with Gasteiger partial charge in [0.05, 0.1) is 11.7 Å². The van der Waals surface area contributed by atoms with Crippen LogP contribution in [0.3, 0.4) is 0 Å². The third-order valence-electron chi connectivity index (χ3n) is 2.62. The SMILES string of the molecule is Cc1ccc(F)c(C(O)C(O)C(C)C)c1F. The Hall–Kier alpha value is -1.00. The number of hydrogen-bond acceptors (Lipinski definition) is 2. The number of rotatable bonds is 3. The van der Waals surface area contributed by atoms with E-state index in [1.54, 1.807) is 13.8 Å². The lowest BCUT2D eigenvalue weighted by Gasteiger charge is -2.22. The van der Waals surface area contributed by atoms with Gasteiger partial charge in [-0.2, -0.15) is 0 Å². The fourth-order valence-electron chi connectivity index (χ4n) is 1.48. The quantitative estimate of drug-likeness (QED) is 0.836. The molecule has 1 aromatic carbocycles. The van der Waals surface area contributed by atoms with Crippen LogP contribution in [0.25, 0.3) is 0 Å². The van der Waals surface area contributed by atoms with Gasteiger partial charge in [0, 0.05) is 0 Å². The highest BCUT2D eigenvalue weighted by Gasteiger charge is 2.27. The van der Waals surface area contributed by atoms with Crippen LogP contribution in [-0.4, -0.2) is 16.3 Å². The molecule has 0 aliphatic heterocycles. The van der Waals surface area contributed by atoms with Gasteiger partial charge in [0.1, 0.15) is 17.7 Å². The van der Waals surface area contributed by atoms with Crippen LogP contribution in [0.4, 0.5) is 8.78 Å². The Morgan fingerprint density at radius 1 is 1.12 bits per heavy atom. The summed E-state index contributed by atoms with van der Waals surface area (Å²) in [7, 11) is 0. The molecule has 2 unspecified atom stereocenters. The van der Waals surface area contributed by atoms with Gasteiger partial charge in [-0.1, -0.05) is 19.9 Å². The van der Waals surface area contributed by atoms with E-state index in [1.807, 2.05) is 0 Å². The summed E-state index contributed by atoms with van der Waals surface area (Å²) in [6.45, 7) is 4.81. The minimum absolute atomic E-state index is 0.242. The molecule has 0 saturated carbocycles. The summed E-state index contributed by atoms with van der Waals surface area (Å²) in [4.78, 5) is 0. The third-order valence-corrected chi connectivity index (χ3v) is 2.62. The number of aryl methyl sites for hydroxylation is 1. The number of aliphatic hydroxyl groups is 2. The normalized spacial score (nSPS) is 15.2. The van der Waals surface area contributed by atoms with E-state index in [1.165, 1.54) is 13.0 Å². The molecule has 2 N–H and O–H groups in total. The predicted molar refractivity (Wildman–Crippen MR) is 56.9 cm³/mol. The standard InChI is InChI=1S/C12H16F2O2/c1-6(2)11(15)12(16)9-8(13)5-4-7(3)10(9)14/h4-6,11-12,15-16H,1-3H3. The van der Waals surface area contributed by atoms with Crippen LogP contribution in [0, 0.1) is 24.5 Å². The first-order valence-corrected chi connectivity index (χ1v) is 5.17. The lowest BCUT2D eigenvalue weighted by atomic mass is 9.94. The van der Waals surface area contributed by atoms with Crippen LogP contribution < -0.4 is 0 Å².